The van der Waals surface area contributed by atoms with Crippen LogP contribution in [0.2, 0.25) is 5.02 Å². The lowest BCUT2D eigenvalue weighted by Gasteiger charge is -2.29. The van der Waals surface area contributed by atoms with E-state index in [9.17, 15) is 19.6 Å². The number of aryl methyl sites for hydroxylation is 1. The van der Waals surface area contributed by atoms with Gasteiger partial charge in [0.05, 0.1) is 5.69 Å². The molecule has 1 aliphatic carbocycles. The normalized spacial score (nSPS) is 15.6. The highest BCUT2D eigenvalue weighted by Gasteiger charge is 2.28. The molecule has 1 saturated carbocycles. The number of piperidine rings is 1. The van der Waals surface area contributed by atoms with Crippen molar-refractivity contribution in [3.8, 4) is 6.07 Å². The summed E-state index contributed by atoms with van der Waals surface area (Å²) in [6.07, 6.45) is 6.58. The van der Waals surface area contributed by atoms with E-state index in [1.54, 1.807) is 12.1 Å². The lowest BCUT2D eigenvalue weighted by Crippen LogP contribution is -2.36. The van der Waals surface area contributed by atoms with E-state index in [1.807, 2.05) is 24.0 Å². The third-order valence-electron chi connectivity index (χ3n) is 6.49. The molecule has 1 aromatic heterocycles. The van der Waals surface area contributed by atoms with Crippen LogP contribution >= 0.6 is 11.6 Å². The molecule has 0 unspecified atom stereocenters. The van der Waals surface area contributed by atoms with Crippen LogP contribution in [0.4, 0.5) is 5.69 Å². The maximum atomic E-state index is 13.0. The van der Waals surface area contributed by atoms with Crippen molar-refractivity contribution in [2.75, 3.05) is 18.4 Å². The van der Waals surface area contributed by atoms with E-state index in [0.717, 1.165) is 24.0 Å². The fourth-order valence-corrected chi connectivity index (χ4v) is 4.50. The van der Waals surface area contributed by atoms with Gasteiger partial charge in [-0.05, 0) is 67.9 Å². The Labute approximate surface area is 203 Å². The molecule has 2 heterocycles. The second-order valence-corrected chi connectivity index (χ2v) is 9.55. The highest BCUT2D eigenvalue weighted by Crippen LogP contribution is 2.34. The third-order valence-corrected chi connectivity index (χ3v) is 6.71. The molecule has 1 N–H and O–H groups in total. The predicted molar refractivity (Wildman–Crippen MR) is 132 cm³/mol. The average molecular weight is 479 g/mol. The largest absolute Gasteiger partial charge is 0.342 e. The summed E-state index contributed by atoms with van der Waals surface area (Å²) in [6.45, 7) is 3.25. The number of hydrogen-bond donors (Lipinski definition) is 1. The van der Waals surface area contributed by atoms with E-state index in [1.165, 1.54) is 42.2 Å². The van der Waals surface area contributed by atoms with Crippen LogP contribution in [-0.4, -0.2) is 34.4 Å². The number of amides is 2. The Morgan fingerprint density at radius 2 is 1.91 bits per heavy atom. The maximum Gasteiger partial charge on any atom is 0.255 e. The summed E-state index contributed by atoms with van der Waals surface area (Å²) in [6, 6.07) is 8.11. The summed E-state index contributed by atoms with van der Waals surface area (Å²) >= 11 is 6.32. The van der Waals surface area contributed by atoms with E-state index in [0.29, 0.717) is 36.1 Å². The number of carbonyl (C=O) groups is 2. The van der Waals surface area contributed by atoms with Gasteiger partial charge < -0.3 is 14.8 Å². The number of carbonyl (C=O) groups excluding carboxylic acids is 2. The van der Waals surface area contributed by atoms with Crippen molar-refractivity contribution in [3.05, 3.63) is 67.6 Å². The second kappa shape index (κ2) is 9.86. The van der Waals surface area contributed by atoms with E-state index in [4.69, 9.17) is 11.6 Å². The van der Waals surface area contributed by atoms with E-state index in [-0.39, 0.29) is 17.2 Å². The lowest BCUT2D eigenvalue weighted by molar-refractivity contribution is -0.132. The van der Waals surface area contributed by atoms with Gasteiger partial charge in [0.25, 0.3) is 11.5 Å². The molecule has 4 rings (SSSR count). The second-order valence-electron chi connectivity index (χ2n) is 9.11. The topological polar surface area (TPSA) is 95.2 Å². The lowest BCUT2D eigenvalue weighted by atomic mass is 9.98. The fraction of sp³-hybridized carbons (Fsp3) is 0.385. The summed E-state index contributed by atoms with van der Waals surface area (Å²) in [4.78, 5) is 39.5. The van der Waals surface area contributed by atoms with Crippen LogP contribution in [0.3, 0.4) is 0 Å². The molecule has 2 fully saturated rings. The fourth-order valence-electron chi connectivity index (χ4n) is 4.22. The number of nitrogens with zero attached hydrogens (tertiary/aromatic N) is 3. The average Bonchev–Trinajstić information content (AvgIpc) is 3.62. The third kappa shape index (κ3) is 5.40. The van der Waals surface area contributed by atoms with Crippen LogP contribution in [0, 0.1) is 24.2 Å². The van der Waals surface area contributed by atoms with Gasteiger partial charge in [-0.1, -0.05) is 23.3 Å². The van der Waals surface area contributed by atoms with Crippen molar-refractivity contribution < 1.29 is 9.59 Å². The van der Waals surface area contributed by atoms with Crippen LogP contribution < -0.4 is 10.9 Å². The summed E-state index contributed by atoms with van der Waals surface area (Å²) < 4.78 is 1.20. The molecule has 1 aromatic carbocycles. The van der Waals surface area contributed by atoms with Crippen LogP contribution in [0.1, 0.15) is 59.3 Å². The monoisotopic (exact) mass is 478 g/mol. The Morgan fingerprint density at radius 3 is 2.56 bits per heavy atom. The van der Waals surface area contributed by atoms with Gasteiger partial charge >= 0.3 is 0 Å². The molecule has 1 aliphatic heterocycles. The number of hydrogen-bond acceptors (Lipinski definition) is 4. The first-order valence-electron chi connectivity index (χ1n) is 11.4. The van der Waals surface area contributed by atoms with Crippen molar-refractivity contribution in [1.29, 1.82) is 5.26 Å². The minimum Gasteiger partial charge on any atom is -0.342 e. The zero-order chi connectivity index (χ0) is 24.4. The predicted octanol–water partition coefficient (Wildman–Crippen LogP) is 4.28. The molecule has 2 amide bonds. The van der Waals surface area contributed by atoms with Crippen molar-refractivity contribution >= 4 is 35.2 Å². The maximum absolute atomic E-state index is 13.0. The number of anilines is 1. The number of rotatable bonds is 5. The summed E-state index contributed by atoms with van der Waals surface area (Å²) in [5.74, 6) is 0.359. The van der Waals surface area contributed by atoms with Gasteiger partial charge in [0.15, 0.2) is 0 Å². The van der Waals surface area contributed by atoms with Crippen LogP contribution in [0.25, 0.3) is 6.08 Å². The Kier molecular flexibility index (Phi) is 6.90. The molecule has 0 atom stereocenters. The Hall–Kier alpha value is -3.37. The summed E-state index contributed by atoms with van der Waals surface area (Å²) in [7, 11) is 1.49. The number of halogens is 1. The molecular weight excluding hydrogens is 452 g/mol. The minimum atomic E-state index is -0.472. The number of likely N-dealkylation sites (tertiary alicyclic amines) is 1. The number of nitriles is 1. The number of pyridine rings is 1. The first kappa shape index (κ1) is 23.8. The van der Waals surface area contributed by atoms with Gasteiger partial charge in [-0.25, -0.2) is 0 Å². The number of nitrogens with one attached hydrogen (secondary N) is 1. The highest BCUT2D eigenvalue weighted by atomic mass is 35.5. The molecule has 176 valence electrons. The SMILES string of the molecule is Cc1cc(Cl)cc(C=C2CCN(C(=O)CC3CC3)CC2)c1NC(=O)c1cc(C#N)n(C)c(=O)c1. The molecule has 8 heteroatoms. The molecule has 34 heavy (non-hydrogen) atoms. The minimum absolute atomic E-state index is 0.107. The van der Waals surface area contributed by atoms with Crippen LogP contribution in [0.5, 0.6) is 0 Å². The van der Waals surface area contributed by atoms with Gasteiger partial charge in [0.2, 0.25) is 5.91 Å². The van der Waals surface area contributed by atoms with E-state index in [2.05, 4.69) is 5.32 Å². The molecular formula is C26H27ClN4O3. The first-order chi connectivity index (χ1) is 16.2. The zero-order valence-corrected chi connectivity index (χ0v) is 20.1. The number of aromatic nitrogens is 1. The molecule has 0 radical (unpaired) electrons. The van der Waals surface area contributed by atoms with Crippen LogP contribution in [-0.2, 0) is 11.8 Å². The molecule has 0 bridgehead atoms. The molecule has 7 nitrogen and oxygen atoms in total. The van der Waals surface area contributed by atoms with Gasteiger partial charge in [0.1, 0.15) is 11.8 Å². The van der Waals surface area contributed by atoms with Crippen molar-refractivity contribution in [1.82, 2.24) is 9.47 Å². The first-order valence-corrected chi connectivity index (χ1v) is 11.8. The van der Waals surface area contributed by atoms with Crippen molar-refractivity contribution in [3.63, 3.8) is 0 Å². The standard InChI is InChI=1S/C26H27ClN4O3/c1-16-9-21(27)12-19(10-18-5-7-31(8-6-18)24(33)11-17-3-4-17)25(16)29-26(34)20-13-22(15-28)30(2)23(32)14-20/h9-10,12-14,17H,3-8,11H2,1-2H3,(H,29,34). The molecule has 1 saturated heterocycles. The molecule has 2 aliphatic rings. The van der Waals surface area contributed by atoms with Gasteiger partial charge in [-0.15, -0.1) is 0 Å². The van der Waals surface area contributed by atoms with Gasteiger partial charge in [0, 0.05) is 43.2 Å². The Morgan fingerprint density at radius 1 is 1.21 bits per heavy atom. The van der Waals surface area contributed by atoms with Crippen LogP contribution in [0.15, 0.2) is 34.6 Å². The zero-order valence-electron chi connectivity index (χ0n) is 19.4. The van der Waals surface area contributed by atoms with E-state index < -0.39 is 11.5 Å². The van der Waals surface area contributed by atoms with Crippen molar-refractivity contribution in [2.24, 2.45) is 13.0 Å². The molecule has 2 aromatic rings. The van der Waals surface area contributed by atoms with Gasteiger partial charge in [-0.3, -0.25) is 14.4 Å². The van der Waals surface area contributed by atoms with Gasteiger partial charge in [-0.2, -0.15) is 5.26 Å². The summed E-state index contributed by atoms with van der Waals surface area (Å²) in [5, 5.41) is 12.7. The van der Waals surface area contributed by atoms with E-state index >= 15 is 0 Å². The highest BCUT2D eigenvalue weighted by molar-refractivity contribution is 6.31. The smallest absolute Gasteiger partial charge is 0.255 e. The Balaban J connectivity index is 1.54. The Bertz CT molecular complexity index is 1270. The summed E-state index contributed by atoms with van der Waals surface area (Å²) in [5.41, 5.74) is 3.15. The number of benzene rings is 1. The quantitative estimate of drug-likeness (QED) is 0.693. The molecule has 0 spiro atoms. The van der Waals surface area contributed by atoms with Crippen molar-refractivity contribution in [2.45, 2.75) is 39.0 Å².